The minimum atomic E-state index is -3.60. The van der Waals surface area contributed by atoms with Crippen molar-refractivity contribution in [2.24, 2.45) is 0 Å². The molecule has 0 spiro atoms. The summed E-state index contributed by atoms with van der Waals surface area (Å²) in [5.41, 5.74) is 4.24. The zero-order valence-electron chi connectivity index (χ0n) is 21.1. The second-order valence-corrected chi connectivity index (χ2v) is 11.9. The molecule has 1 fully saturated rings. The van der Waals surface area contributed by atoms with Gasteiger partial charge in [0.05, 0.1) is 10.6 Å². The second kappa shape index (κ2) is 10.2. The number of aryl methyl sites for hydroxylation is 2. The summed E-state index contributed by atoms with van der Waals surface area (Å²) in [4.78, 5) is 14.6. The maximum atomic E-state index is 13.4. The standard InChI is InChI=1S/C31H30N2O4S/c34-31-33(30-11-4-2-7-26(30)22-37-31)27-18-20-32(21-19-27)38(35,36)28-16-13-23(14-17-28)12-15-25-9-5-8-24-6-1-3-10-29(24)25/h1-11,13-14,16-17,27H,12,15,18-22H2. The molecule has 38 heavy (non-hydrogen) atoms. The van der Waals surface area contributed by atoms with Gasteiger partial charge in [0.15, 0.2) is 0 Å². The molecule has 4 aromatic rings. The molecule has 1 saturated heterocycles. The smallest absolute Gasteiger partial charge is 0.414 e. The number of benzene rings is 4. The summed E-state index contributed by atoms with van der Waals surface area (Å²) in [6.07, 6.45) is 2.50. The largest absolute Gasteiger partial charge is 0.444 e. The molecule has 0 saturated carbocycles. The highest BCUT2D eigenvalue weighted by atomic mass is 32.2. The molecule has 2 heterocycles. The average molecular weight is 527 g/mol. The summed E-state index contributed by atoms with van der Waals surface area (Å²) in [6.45, 7) is 1.00. The number of cyclic esters (lactones) is 1. The molecule has 0 aliphatic carbocycles. The van der Waals surface area contributed by atoms with Crippen LogP contribution in [0.1, 0.15) is 29.5 Å². The topological polar surface area (TPSA) is 66.9 Å². The fourth-order valence-electron chi connectivity index (χ4n) is 5.63. The van der Waals surface area contributed by atoms with Gasteiger partial charge in [-0.1, -0.05) is 72.8 Å². The Morgan fingerprint density at radius 1 is 0.789 bits per heavy atom. The van der Waals surface area contributed by atoms with E-state index in [9.17, 15) is 13.2 Å². The SMILES string of the molecule is O=C1OCc2ccccc2N1C1CCN(S(=O)(=O)c2ccc(CCc3cccc4ccccc34)cc2)CC1. The average Bonchev–Trinajstić information content (AvgIpc) is 2.96. The number of amides is 1. The highest BCUT2D eigenvalue weighted by Gasteiger charge is 2.37. The second-order valence-electron chi connectivity index (χ2n) is 9.97. The third-order valence-electron chi connectivity index (χ3n) is 7.71. The molecular formula is C31H30N2O4S. The molecule has 0 N–H and O–H groups in total. The molecule has 0 bridgehead atoms. The zero-order chi connectivity index (χ0) is 26.1. The van der Waals surface area contributed by atoms with E-state index >= 15 is 0 Å². The van der Waals surface area contributed by atoms with Gasteiger partial charge >= 0.3 is 6.09 Å². The van der Waals surface area contributed by atoms with Crippen molar-refractivity contribution in [1.29, 1.82) is 0 Å². The van der Waals surface area contributed by atoms with Crippen LogP contribution in [0.25, 0.3) is 10.8 Å². The van der Waals surface area contributed by atoms with Gasteiger partial charge < -0.3 is 4.74 Å². The van der Waals surface area contributed by atoms with Gasteiger partial charge in [-0.05, 0) is 65.8 Å². The van der Waals surface area contributed by atoms with Crippen LogP contribution in [0.3, 0.4) is 0 Å². The van der Waals surface area contributed by atoms with Gasteiger partial charge in [0.2, 0.25) is 10.0 Å². The van der Waals surface area contributed by atoms with E-state index in [2.05, 4.69) is 36.4 Å². The molecule has 0 unspecified atom stereocenters. The quantitative estimate of drug-likeness (QED) is 0.312. The third kappa shape index (κ3) is 4.68. The van der Waals surface area contributed by atoms with Gasteiger partial charge in [-0.3, -0.25) is 4.90 Å². The Balaban J connectivity index is 1.11. The Labute approximate surface area is 223 Å². The van der Waals surface area contributed by atoms with Crippen LogP contribution >= 0.6 is 0 Å². The Kier molecular flexibility index (Phi) is 6.64. The van der Waals surface area contributed by atoms with Crippen LogP contribution in [-0.4, -0.2) is 37.9 Å². The van der Waals surface area contributed by atoms with Crippen molar-refractivity contribution in [3.63, 3.8) is 0 Å². The molecule has 0 radical (unpaired) electrons. The lowest BCUT2D eigenvalue weighted by atomic mass is 9.99. The monoisotopic (exact) mass is 526 g/mol. The number of carbonyl (C=O) groups is 1. The van der Waals surface area contributed by atoms with E-state index < -0.39 is 10.0 Å². The highest BCUT2D eigenvalue weighted by Crippen LogP contribution is 2.33. The Morgan fingerprint density at radius 2 is 1.50 bits per heavy atom. The highest BCUT2D eigenvalue weighted by molar-refractivity contribution is 7.89. The lowest BCUT2D eigenvalue weighted by Gasteiger charge is -2.39. The number of sulfonamides is 1. The van der Waals surface area contributed by atoms with Crippen molar-refractivity contribution in [2.45, 2.75) is 43.2 Å². The lowest BCUT2D eigenvalue weighted by molar-refractivity contribution is 0.136. The summed E-state index contributed by atoms with van der Waals surface area (Å²) < 4.78 is 33.7. The van der Waals surface area contributed by atoms with Crippen molar-refractivity contribution in [3.05, 3.63) is 108 Å². The normalized spacial score (nSPS) is 16.8. The summed E-state index contributed by atoms with van der Waals surface area (Å²) >= 11 is 0. The molecule has 4 aromatic carbocycles. The Bertz CT molecular complexity index is 1570. The number of hydrogen-bond acceptors (Lipinski definition) is 4. The first kappa shape index (κ1) is 24.6. The number of carbonyl (C=O) groups excluding carboxylic acids is 1. The van der Waals surface area contributed by atoms with Crippen LogP contribution in [0, 0.1) is 0 Å². The number of para-hydroxylation sites is 1. The number of anilines is 1. The number of nitrogens with zero attached hydrogens (tertiary/aromatic N) is 2. The Morgan fingerprint density at radius 3 is 2.32 bits per heavy atom. The summed E-state index contributed by atoms with van der Waals surface area (Å²) in [7, 11) is -3.60. The van der Waals surface area contributed by atoms with Crippen LogP contribution in [0.4, 0.5) is 10.5 Å². The molecule has 2 aliphatic heterocycles. The first-order valence-electron chi connectivity index (χ1n) is 13.1. The summed E-state index contributed by atoms with van der Waals surface area (Å²) in [5, 5.41) is 2.50. The van der Waals surface area contributed by atoms with E-state index in [4.69, 9.17) is 4.74 Å². The van der Waals surface area contributed by atoms with E-state index in [1.807, 2.05) is 42.5 Å². The molecule has 0 atom stereocenters. The maximum absolute atomic E-state index is 13.4. The third-order valence-corrected chi connectivity index (χ3v) is 9.62. The van der Waals surface area contributed by atoms with Gasteiger partial charge in [-0.25, -0.2) is 13.2 Å². The fraction of sp³-hybridized carbons (Fsp3) is 0.258. The van der Waals surface area contributed by atoms with Gasteiger partial charge in [0.25, 0.3) is 0 Å². The van der Waals surface area contributed by atoms with Crippen LogP contribution in [-0.2, 0) is 34.2 Å². The number of ether oxygens (including phenoxy) is 1. The first-order chi connectivity index (χ1) is 18.5. The molecule has 1 amide bonds. The minimum Gasteiger partial charge on any atom is -0.444 e. The predicted molar refractivity (Wildman–Crippen MR) is 149 cm³/mol. The molecule has 194 valence electrons. The van der Waals surface area contributed by atoms with Crippen molar-refractivity contribution >= 4 is 32.6 Å². The van der Waals surface area contributed by atoms with Gasteiger partial charge in [-0.2, -0.15) is 4.31 Å². The van der Waals surface area contributed by atoms with Crippen LogP contribution in [0.5, 0.6) is 0 Å². The fourth-order valence-corrected chi connectivity index (χ4v) is 7.10. The number of hydrogen-bond donors (Lipinski definition) is 0. The molecule has 0 aromatic heterocycles. The maximum Gasteiger partial charge on any atom is 0.414 e. The van der Waals surface area contributed by atoms with Gasteiger partial charge in [-0.15, -0.1) is 0 Å². The number of fused-ring (bicyclic) bond motifs is 2. The van der Waals surface area contributed by atoms with Crippen LogP contribution in [0.15, 0.2) is 95.9 Å². The van der Waals surface area contributed by atoms with Gasteiger partial charge in [0, 0.05) is 24.7 Å². The number of piperidine rings is 1. The van der Waals surface area contributed by atoms with Crippen LogP contribution in [0.2, 0.25) is 0 Å². The van der Waals surface area contributed by atoms with Crippen molar-refractivity contribution in [2.75, 3.05) is 18.0 Å². The van der Waals surface area contributed by atoms with E-state index in [-0.39, 0.29) is 18.7 Å². The summed E-state index contributed by atoms with van der Waals surface area (Å²) in [6, 6.07) is 29.7. The lowest BCUT2D eigenvalue weighted by Crippen LogP contribution is -2.50. The minimum absolute atomic E-state index is 0.0909. The molecule has 6 nitrogen and oxygen atoms in total. The van der Waals surface area contributed by atoms with Crippen molar-refractivity contribution in [1.82, 2.24) is 4.31 Å². The Hall–Kier alpha value is -3.68. The van der Waals surface area contributed by atoms with Crippen LogP contribution < -0.4 is 4.90 Å². The molecule has 7 heteroatoms. The summed E-state index contributed by atoms with van der Waals surface area (Å²) in [5.74, 6) is 0. The van der Waals surface area contributed by atoms with E-state index in [1.165, 1.54) is 20.6 Å². The zero-order valence-corrected chi connectivity index (χ0v) is 21.9. The first-order valence-corrected chi connectivity index (χ1v) is 14.5. The molecular weight excluding hydrogens is 496 g/mol. The van der Waals surface area contributed by atoms with Crippen molar-refractivity contribution < 1.29 is 17.9 Å². The molecule has 6 rings (SSSR count). The van der Waals surface area contributed by atoms with Crippen molar-refractivity contribution in [3.8, 4) is 0 Å². The predicted octanol–water partition coefficient (Wildman–Crippen LogP) is 5.93. The molecule has 2 aliphatic rings. The van der Waals surface area contributed by atoms with E-state index in [0.717, 1.165) is 29.7 Å². The van der Waals surface area contributed by atoms with E-state index in [0.29, 0.717) is 30.8 Å². The van der Waals surface area contributed by atoms with E-state index in [1.54, 1.807) is 17.0 Å². The number of rotatable bonds is 6. The van der Waals surface area contributed by atoms with Gasteiger partial charge in [0.1, 0.15) is 6.61 Å².